The molecule has 0 N–H and O–H groups in total. The minimum Gasteiger partial charge on any atom is -0.299 e. The Kier molecular flexibility index (Phi) is 3.16. The van der Waals surface area contributed by atoms with Gasteiger partial charge in [-0.15, -0.1) is 0 Å². The summed E-state index contributed by atoms with van der Waals surface area (Å²) in [6.07, 6.45) is 15.1. The van der Waals surface area contributed by atoms with E-state index in [0.717, 1.165) is 36.0 Å². The van der Waals surface area contributed by atoms with Gasteiger partial charge in [-0.05, 0) is 98.2 Å². The van der Waals surface area contributed by atoms with Gasteiger partial charge in [-0.2, -0.15) is 0 Å². The van der Waals surface area contributed by atoms with Crippen molar-refractivity contribution in [3.05, 3.63) is 0 Å². The van der Waals surface area contributed by atoms with Crippen LogP contribution in [-0.2, 0) is 4.79 Å². The van der Waals surface area contributed by atoms with Crippen LogP contribution in [0.15, 0.2) is 0 Å². The zero-order chi connectivity index (χ0) is 15.8. The number of hydrogen-bond donors (Lipinski definition) is 0. The van der Waals surface area contributed by atoms with Crippen molar-refractivity contribution in [2.24, 2.45) is 46.3 Å². The van der Waals surface area contributed by atoms with Gasteiger partial charge in [-0.3, -0.25) is 4.79 Å². The number of ketones is 1. The molecular formula is C22H34O. The van der Waals surface area contributed by atoms with Crippen molar-refractivity contribution in [2.75, 3.05) is 0 Å². The van der Waals surface area contributed by atoms with Crippen molar-refractivity contribution >= 4 is 5.78 Å². The van der Waals surface area contributed by atoms with Crippen LogP contribution in [-0.4, -0.2) is 5.78 Å². The normalized spacial score (nSPS) is 58.3. The zero-order valence-corrected chi connectivity index (χ0v) is 15.2. The Hall–Kier alpha value is -0.330. The predicted molar refractivity (Wildman–Crippen MR) is 92.9 cm³/mol. The largest absolute Gasteiger partial charge is 0.299 e. The van der Waals surface area contributed by atoms with Crippen LogP contribution in [0, 0.1) is 46.3 Å². The molecule has 1 heteroatoms. The summed E-state index contributed by atoms with van der Waals surface area (Å²) in [6, 6.07) is 0. The Labute approximate surface area is 142 Å². The summed E-state index contributed by atoms with van der Waals surface area (Å²) in [7, 11) is 0. The molecule has 0 bridgehead atoms. The number of carbonyl (C=O) groups is 1. The van der Waals surface area contributed by atoms with Crippen molar-refractivity contribution in [1.82, 2.24) is 0 Å². The average Bonchev–Trinajstić information content (AvgIpc) is 3.06. The van der Waals surface area contributed by atoms with Gasteiger partial charge >= 0.3 is 0 Å². The van der Waals surface area contributed by atoms with Crippen LogP contribution in [0.4, 0.5) is 0 Å². The van der Waals surface area contributed by atoms with Gasteiger partial charge < -0.3 is 0 Å². The molecule has 8 atom stereocenters. The first kappa shape index (κ1) is 15.0. The molecule has 0 aliphatic heterocycles. The standard InChI is InChI=1S/C22H34O/c1-14-7-10-21(2)15(13-14)3-4-16-17(21)8-11-22-12-9-20(23)19(22)6-5-18(16)22/h14-19H,3-13H2,1-2H3/t14-,15+,16?,17?,18?,19-,21+,22-/m1/s1. The van der Waals surface area contributed by atoms with E-state index in [4.69, 9.17) is 0 Å². The highest BCUT2D eigenvalue weighted by atomic mass is 16.1. The summed E-state index contributed by atoms with van der Waals surface area (Å²) in [5.74, 6) is 5.94. The minimum atomic E-state index is 0.476. The maximum atomic E-state index is 12.4. The second-order valence-electron chi connectivity index (χ2n) is 10.4. The summed E-state index contributed by atoms with van der Waals surface area (Å²) < 4.78 is 0. The molecule has 5 fully saturated rings. The lowest BCUT2D eigenvalue weighted by atomic mass is 9.44. The molecule has 0 amide bonds. The second kappa shape index (κ2) is 4.85. The van der Waals surface area contributed by atoms with Crippen molar-refractivity contribution < 1.29 is 4.79 Å². The van der Waals surface area contributed by atoms with Crippen LogP contribution >= 0.6 is 0 Å². The molecule has 5 saturated carbocycles. The topological polar surface area (TPSA) is 17.1 Å². The van der Waals surface area contributed by atoms with Gasteiger partial charge in [-0.1, -0.05) is 20.3 Å². The lowest BCUT2D eigenvalue weighted by molar-refractivity contribution is -0.129. The maximum absolute atomic E-state index is 12.4. The Morgan fingerprint density at radius 2 is 1.78 bits per heavy atom. The summed E-state index contributed by atoms with van der Waals surface area (Å²) in [5.41, 5.74) is 1.11. The van der Waals surface area contributed by atoms with Crippen LogP contribution in [0.25, 0.3) is 0 Å². The Morgan fingerprint density at radius 3 is 2.65 bits per heavy atom. The molecule has 3 unspecified atom stereocenters. The van der Waals surface area contributed by atoms with E-state index < -0.39 is 0 Å². The number of carbonyl (C=O) groups excluding carboxylic acids is 1. The van der Waals surface area contributed by atoms with E-state index in [1.54, 1.807) is 0 Å². The van der Waals surface area contributed by atoms with Crippen LogP contribution < -0.4 is 0 Å². The van der Waals surface area contributed by atoms with E-state index >= 15 is 0 Å². The summed E-state index contributed by atoms with van der Waals surface area (Å²) in [5, 5.41) is 0. The van der Waals surface area contributed by atoms with Gasteiger partial charge in [0.1, 0.15) is 5.78 Å². The van der Waals surface area contributed by atoms with Gasteiger partial charge in [0.2, 0.25) is 0 Å². The Bertz CT molecular complexity index is 524. The van der Waals surface area contributed by atoms with Crippen molar-refractivity contribution in [2.45, 2.75) is 84.5 Å². The highest BCUT2D eigenvalue weighted by Gasteiger charge is 2.64. The Morgan fingerprint density at radius 1 is 0.913 bits per heavy atom. The monoisotopic (exact) mass is 314 g/mol. The highest BCUT2D eigenvalue weighted by Crippen LogP contribution is 2.70. The third kappa shape index (κ3) is 1.83. The minimum absolute atomic E-state index is 0.476. The van der Waals surface area contributed by atoms with E-state index in [1.807, 2.05) is 0 Å². The molecule has 128 valence electrons. The fourth-order valence-electron chi connectivity index (χ4n) is 8.78. The summed E-state index contributed by atoms with van der Waals surface area (Å²) in [4.78, 5) is 12.4. The second-order valence-corrected chi connectivity index (χ2v) is 10.4. The molecule has 1 nitrogen and oxygen atoms in total. The van der Waals surface area contributed by atoms with Gasteiger partial charge in [-0.25, -0.2) is 0 Å². The number of Topliss-reactive ketones (excluding diaryl/α,β-unsaturated/α-hetero) is 1. The first-order chi connectivity index (χ1) is 11.0. The van der Waals surface area contributed by atoms with Crippen LogP contribution in [0.5, 0.6) is 0 Å². The van der Waals surface area contributed by atoms with E-state index in [2.05, 4.69) is 13.8 Å². The molecule has 5 aliphatic rings. The molecule has 5 rings (SSSR count). The third-order valence-corrected chi connectivity index (χ3v) is 9.87. The van der Waals surface area contributed by atoms with Crippen LogP contribution in [0.3, 0.4) is 0 Å². The molecule has 0 saturated heterocycles. The molecule has 5 aliphatic carbocycles. The summed E-state index contributed by atoms with van der Waals surface area (Å²) >= 11 is 0. The summed E-state index contributed by atoms with van der Waals surface area (Å²) in [6.45, 7) is 5.15. The molecule has 0 heterocycles. The van der Waals surface area contributed by atoms with Crippen molar-refractivity contribution in [3.8, 4) is 0 Å². The highest BCUT2D eigenvalue weighted by molar-refractivity contribution is 5.84. The molecule has 1 spiro atoms. The average molecular weight is 315 g/mol. The van der Waals surface area contributed by atoms with Gasteiger partial charge in [0.15, 0.2) is 0 Å². The lowest BCUT2D eigenvalue weighted by Crippen LogP contribution is -2.53. The maximum Gasteiger partial charge on any atom is 0.136 e. The third-order valence-electron chi connectivity index (χ3n) is 9.87. The molecule has 0 aromatic rings. The van der Waals surface area contributed by atoms with E-state index in [9.17, 15) is 4.79 Å². The molecule has 0 radical (unpaired) electrons. The van der Waals surface area contributed by atoms with Gasteiger partial charge in [0.25, 0.3) is 0 Å². The first-order valence-electron chi connectivity index (χ1n) is 10.6. The number of rotatable bonds is 0. The van der Waals surface area contributed by atoms with Crippen molar-refractivity contribution in [3.63, 3.8) is 0 Å². The molecule has 23 heavy (non-hydrogen) atoms. The zero-order valence-electron chi connectivity index (χ0n) is 15.2. The Balaban J connectivity index is 1.46. The number of fused-ring (bicyclic) bond motifs is 4. The smallest absolute Gasteiger partial charge is 0.136 e. The fraction of sp³-hybridized carbons (Fsp3) is 0.955. The van der Waals surface area contributed by atoms with Gasteiger partial charge in [0.05, 0.1) is 0 Å². The lowest BCUT2D eigenvalue weighted by Gasteiger charge is -2.61. The van der Waals surface area contributed by atoms with E-state index in [-0.39, 0.29) is 0 Å². The molecule has 0 aromatic carbocycles. The van der Waals surface area contributed by atoms with Gasteiger partial charge in [0, 0.05) is 12.3 Å². The first-order valence-corrected chi connectivity index (χ1v) is 10.6. The van der Waals surface area contributed by atoms with E-state index in [1.165, 1.54) is 64.2 Å². The number of hydrogen-bond acceptors (Lipinski definition) is 1. The molecular weight excluding hydrogens is 280 g/mol. The fourth-order valence-corrected chi connectivity index (χ4v) is 8.78. The molecule has 0 aromatic heterocycles. The van der Waals surface area contributed by atoms with E-state index in [0.29, 0.717) is 22.5 Å². The predicted octanol–water partition coefficient (Wildman–Crippen LogP) is 5.62. The van der Waals surface area contributed by atoms with Crippen LogP contribution in [0.2, 0.25) is 0 Å². The van der Waals surface area contributed by atoms with Crippen LogP contribution in [0.1, 0.15) is 84.5 Å². The van der Waals surface area contributed by atoms with Crippen molar-refractivity contribution in [1.29, 1.82) is 0 Å². The SMILES string of the molecule is C[C@@H]1CC[C@]2(C)C3CC[C@]45CCC(=O)[C@H]4CCC5C3CC[C@H]2C1. The quantitative estimate of drug-likeness (QED) is 0.567.